The second-order valence-electron chi connectivity index (χ2n) is 5.92. The highest BCUT2D eigenvalue weighted by atomic mass is 16.1. The van der Waals surface area contributed by atoms with E-state index in [1.807, 2.05) is 19.1 Å². The lowest BCUT2D eigenvalue weighted by Gasteiger charge is -2.34. The third-order valence-electron chi connectivity index (χ3n) is 4.56. The second kappa shape index (κ2) is 5.64. The van der Waals surface area contributed by atoms with Crippen LogP contribution >= 0.6 is 0 Å². The Balaban J connectivity index is 2.06. The van der Waals surface area contributed by atoms with E-state index in [2.05, 4.69) is 19.2 Å². The zero-order chi connectivity index (χ0) is 14.0. The Kier molecular flexibility index (Phi) is 4.13. The molecule has 2 rings (SSSR count). The van der Waals surface area contributed by atoms with E-state index in [9.17, 15) is 4.79 Å². The largest absolute Gasteiger partial charge is 0.398 e. The van der Waals surface area contributed by atoms with Gasteiger partial charge in [0, 0.05) is 17.3 Å². The van der Waals surface area contributed by atoms with E-state index >= 15 is 0 Å². The summed E-state index contributed by atoms with van der Waals surface area (Å²) in [6, 6.07) is 5.80. The molecule has 0 aliphatic heterocycles. The lowest BCUT2D eigenvalue weighted by atomic mass is 9.78. The molecule has 1 aliphatic rings. The van der Waals surface area contributed by atoms with E-state index in [1.54, 1.807) is 6.07 Å². The number of hydrogen-bond donors (Lipinski definition) is 2. The maximum absolute atomic E-state index is 12.3. The number of carbonyl (C=O) groups excluding carboxylic acids is 1. The first-order valence-electron chi connectivity index (χ1n) is 7.16. The molecule has 1 aromatic carbocycles. The van der Waals surface area contributed by atoms with Gasteiger partial charge in [-0.05, 0) is 42.9 Å². The highest BCUT2D eigenvalue weighted by Gasteiger charge is 2.28. The van der Waals surface area contributed by atoms with Crippen LogP contribution in [0.4, 0.5) is 5.69 Å². The molecule has 3 atom stereocenters. The van der Waals surface area contributed by atoms with Crippen LogP contribution < -0.4 is 11.1 Å². The van der Waals surface area contributed by atoms with Gasteiger partial charge in [0.2, 0.25) is 0 Å². The van der Waals surface area contributed by atoms with Crippen molar-refractivity contribution in [3.63, 3.8) is 0 Å². The van der Waals surface area contributed by atoms with Gasteiger partial charge in [0.1, 0.15) is 0 Å². The predicted octanol–water partition coefficient (Wildman–Crippen LogP) is 3.13. The minimum absolute atomic E-state index is 0.00218. The van der Waals surface area contributed by atoms with Crippen molar-refractivity contribution < 1.29 is 4.79 Å². The normalized spacial score (nSPS) is 27.0. The third kappa shape index (κ3) is 3.09. The summed E-state index contributed by atoms with van der Waals surface area (Å²) < 4.78 is 0. The molecule has 1 saturated carbocycles. The Bertz CT molecular complexity index is 470. The van der Waals surface area contributed by atoms with Crippen LogP contribution in [0.2, 0.25) is 0 Å². The number of anilines is 1. The molecule has 0 radical (unpaired) electrons. The Labute approximate surface area is 115 Å². The topological polar surface area (TPSA) is 55.1 Å². The molecule has 0 bridgehead atoms. The zero-order valence-electron chi connectivity index (χ0n) is 12.1. The summed E-state index contributed by atoms with van der Waals surface area (Å²) >= 11 is 0. The fourth-order valence-electron chi connectivity index (χ4n) is 2.82. The summed E-state index contributed by atoms with van der Waals surface area (Å²) in [6.07, 6.45) is 3.55. The van der Waals surface area contributed by atoms with Crippen LogP contribution in [-0.4, -0.2) is 11.9 Å². The molecular weight excluding hydrogens is 236 g/mol. The van der Waals surface area contributed by atoms with E-state index in [4.69, 9.17) is 5.73 Å². The Hall–Kier alpha value is -1.51. The average molecular weight is 260 g/mol. The fraction of sp³-hybridized carbons (Fsp3) is 0.562. The van der Waals surface area contributed by atoms with Crippen molar-refractivity contribution in [1.29, 1.82) is 0 Å². The maximum Gasteiger partial charge on any atom is 0.251 e. The monoisotopic (exact) mass is 260 g/mol. The zero-order valence-corrected chi connectivity index (χ0v) is 12.1. The second-order valence-corrected chi connectivity index (χ2v) is 5.92. The van der Waals surface area contributed by atoms with Crippen molar-refractivity contribution in [2.45, 2.75) is 46.1 Å². The van der Waals surface area contributed by atoms with Crippen LogP contribution in [0.1, 0.15) is 49.0 Å². The van der Waals surface area contributed by atoms with Gasteiger partial charge in [0.25, 0.3) is 5.91 Å². The van der Waals surface area contributed by atoms with Crippen LogP contribution in [0, 0.1) is 18.8 Å². The molecule has 0 spiro atoms. The quantitative estimate of drug-likeness (QED) is 0.803. The number of nitrogens with two attached hydrogens (primary N) is 1. The lowest BCUT2D eigenvalue weighted by molar-refractivity contribution is 0.0891. The highest BCUT2D eigenvalue weighted by Crippen LogP contribution is 2.29. The van der Waals surface area contributed by atoms with Gasteiger partial charge in [-0.1, -0.05) is 32.8 Å². The first-order valence-corrected chi connectivity index (χ1v) is 7.16. The highest BCUT2D eigenvalue weighted by molar-refractivity contribution is 5.95. The standard InChI is InChI=1S/C16H24N2O/c1-10-5-4-6-15(12(10)3)18-16(19)13-8-7-11(2)14(17)9-13/h7-10,12,15H,4-6,17H2,1-3H3,(H,18,19). The number of benzene rings is 1. The summed E-state index contributed by atoms with van der Waals surface area (Å²) in [6.45, 7) is 6.45. The number of rotatable bonds is 2. The summed E-state index contributed by atoms with van der Waals surface area (Å²) in [5.41, 5.74) is 8.21. The fourth-order valence-corrected chi connectivity index (χ4v) is 2.82. The number of amides is 1. The van der Waals surface area contributed by atoms with Gasteiger partial charge in [-0.25, -0.2) is 0 Å². The first kappa shape index (κ1) is 13.9. The molecule has 3 unspecified atom stereocenters. The van der Waals surface area contributed by atoms with Gasteiger partial charge < -0.3 is 11.1 Å². The third-order valence-corrected chi connectivity index (χ3v) is 4.56. The molecule has 104 valence electrons. The van der Waals surface area contributed by atoms with Crippen molar-refractivity contribution in [3.05, 3.63) is 29.3 Å². The summed E-state index contributed by atoms with van der Waals surface area (Å²) in [5.74, 6) is 1.22. The van der Waals surface area contributed by atoms with Crippen molar-refractivity contribution in [2.24, 2.45) is 11.8 Å². The van der Waals surface area contributed by atoms with Crippen LogP contribution in [0.5, 0.6) is 0 Å². The van der Waals surface area contributed by atoms with Crippen molar-refractivity contribution >= 4 is 11.6 Å². The number of aryl methyl sites for hydroxylation is 1. The van der Waals surface area contributed by atoms with Gasteiger partial charge in [0.15, 0.2) is 0 Å². The molecule has 0 saturated heterocycles. The van der Waals surface area contributed by atoms with Crippen molar-refractivity contribution in [3.8, 4) is 0 Å². The van der Waals surface area contributed by atoms with E-state index in [0.29, 0.717) is 29.1 Å². The van der Waals surface area contributed by atoms with Gasteiger partial charge in [0.05, 0.1) is 0 Å². The molecule has 1 aliphatic carbocycles. The molecular formula is C16H24N2O. The number of hydrogen-bond acceptors (Lipinski definition) is 2. The number of nitrogen functional groups attached to an aromatic ring is 1. The summed E-state index contributed by atoms with van der Waals surface area (Å²) in [4.78, 5) is 12.3. The molecule has 19 heavy (non-hydrogen) atoms. The van der Waals surface area contributed by atoms with Crippen LogP contribution in [0.3, 0.4) is 0 Å². The molecule has 3 N–H and O–H groups in total. The van der Waals surface area contributed by atoms with Crippen LogP contribution in [0.15, 0.2) is 18.2 Å². The smallest absolute Gasteiger partial charge is 0.251 e. The SMILES string of the molecule is Cc1ccc(C(=O)NC2CCCC(C)C2C)cc1N. The molecule has 3 heteroatoms. The lowest BCUT2D eigenvalue weighted by Crippen LogP contribution is -2.43. The van der Waals surface area contributed by atoms with Crippen LogP contribution in [0.25, 0.3) is 0 Å². The van der Waals surface area contributed by atoms with E-state index in [0.717, 1.165) is 12.0 Å². The Morgan fingerprint density at radius 2 is 2.05 bits per heavy atom. The minimum Gasteiger partial charge on any atom is -0.398 e. The summed E-state index contributed by atoms with van der Waals surface area (Å²) in [7, 11) is 0. The molecule has 3 nitrogen and oxygen atoms in total. The minimum atomic E-state index is -0.00218. The number of carbonyl (C=O) groups is 1. The molecule has 1 amide bonds. The maximum atomic E-state index is 12.3. The van der Waals surface area contributed by atoms with Gasteiger partial charge >= 0.3 is 0 Å². The van der Waals surface area contributed by atoms with E-state index < -0.39 is 0 Å². The van der Waals surface area contributed by atoms with Crippen molar-refractivity contribution in [2.75, 3.05) is 5.73 Å². The molecule has 0 heterocycles. The van der Waals surface area contributed by atoms with Crippen LogP contribution in [-0.2, 0) is 0 Å². The Morgan fingerprint density at radius 3 is 2.74 bits per heavy atom. The molecule has 1 fully saturated rings. The first-order chi connectivity index (χ1) is 8.99. The average Bonchev–Trinajstić information content (AvgIpc) is 2.38. The predicted molar refractivity (Wildman–Crippen MR) is 79.0 cm³/mol. The van der Waals surface area contributed by atoms with Gasteiger partial charge in [-0.3, -0.25) is 4.79 Å². The van der Waals surface area contributed by atoms with Crippen molar-refractivity contribution in [1.82, 2.24) is 5.32 Å². The number of nitrogens with one attached hydrogen (secondary N) is 1. The molecule has 1 aromatic rings. The van der Waals surface area contributed by atoms with E-state index in [-0.39, 0.29) is 5.91 Å². The van der Waals surface area contributed by atoms with Gasteiger partial charge in [-0.15, -0.1) is 0 Å². The molecule has 0 aromatic heterocycles. The Morgan fingerprint density at radius 1 is 1.32 bits per heavy atom. The summed E-state index contributed by atoms with van der Waals surface area (Å²) in [5, 5.41) is 3.17. The van der Waals surface area contributed by atoms with E-state index in [1.165, 1.54) is 12.8 Å². The van der Waals surface area contributed by atoms with Gasteiger partial charge in [-0.2, -0.15) is 0 Å².